The first-order valence-electron chi connectivity index (χ1n) is 8.06. The monoisotopic (exact) mass is 337 g/mol. The molecule has 0 saturated heterocycles. The fourth-order valence-corrected chi connectivity index (χ4v) is 3.35. The second-order valence-corrected chi connectivity index (χ2v) is 7.28. The summed E-state index contributed by atoms with van der Waals surface area (Å²) in [5.41, 5.74) is -0.325. The van der Waals surface area contributed by atoms with Crippen LogP contribution in [0.2, 0.25) is 5.02 Å². The van der Waals surface area contributed by atoms with Gasteiger partial charge < -0.3 is 10.4 Å². The molecule has 0 aromatic heterocycles. The number of carbonyl (C=O) groups is 2. The summed E-state index contributed by atoms with van der Waals surface area (Å²) in [5.74, 6) is -0.860. The summed E-state index contributed by atoms with van der Waals surface area (Å²) in [5, 5.41) is 13.1. The Morgan fingerprint density at radius 1 is 1.26 bits per heavy atom. The number of hydrogen-bond acceptors (Lipinski definition) is 2. The van der Waals surface area contributed by atoms with Crippen molar-refractivity contribution in [2.24, 2.45) is 11.8 Å². The van der Waals surface area contributed by atoms with Gasteiger partial charge in [0.2, 0.25) is 5.91 Å². The molecule has 0 bridgehead atoms. The predicted octanol–water partition coefficient (Wildman–Crippen LogP) is 3.84. The Balaban J connectivity index is 2.15. The number of carboxylic acids is 1. The van der Waals surface area contributed by atoms with Crippen LogP contribution in [-0.2, 0) is 9.59 Å². The van der Waals surface area contributed by atoms with Crippen LogP contribution in [-0.4, -0.2) is 22.5 Å². The minimum atomic E-state index is -1.15. The van der Waals surface area contributed by atoms with Crippen LogP contribution in [0.1, 0.15) is 51.5 Å². The fraction of sp³-hybridized carbons (Fsp3) is 0.556. The number of halogens is 1. The van der Waals surface area contributed by atoms with Crippen LogP contribution >= 0.6 is 11.6 Å². The Morgan fingerprint density at radius 2 is 1.87 bits per heavy atom. The maximum Gasteiger partial charge on any atom is 0.329 e. The molecular formula is C18H24ClNO3. The second kappa shape index (κ2) is 6.91. The van der Waals surface area contributed by atoms with Crippen LogP contribution in [0.25, 0.3) is 0 Å². The van der Waals surface area contributed by atoms with Crippen LogP contribution in [0.5, 0.6) is 0 Å². The number of benzene rings is 1. The first-order chi connectivity index (χ1) is 10.7. The minimum Gasteiger partial charge on any atom is -0.480 e. The molecule has 0 aliphatic heterocycles. The Morgan fingerprint density at radius 3 is 2.39 bits per heavy atom. The molecule has 1 aliphatic rings. The minimum absolute atomic E-state index is 0.253. The van der Waals surface area contributed by atoms with E-state index in [0.717, 1.165) is 12.0 Å². The number of carbonyl (C=O) groups excluding carboxylic acids is 1. The van der Waals surface area contributed by atoms with Gasteiger partial charge in [-0.2, -0.15) is 0 Å². The fourth-order valence-electron chi connectivity index (χ4n) is 3.22. The summed E-state index contributed by atoms with van der Waals surface area (Å²) in [6, 6.07) is 7.06. The highest BCUT2D eigenvalue weighted by atomic mass is 35.5. The first kappa shape index (κ1) is 17.8. The van der Waals surface area contributed by atoms with E-state index < -0.39 is 17.4 Å². The maximum absolute atomic E-state index is 12.6. The average molecular weight is 338 g/mol. The molecule has 1 aliphatic carbocycles. The predicted molar refractivity (Wildman–Crippen MR) is 90.6 cm³/mol. The lowest BCUT2D eigenvalue weighted by atomic mass is 9.71. The normalized spacial score (nSPS) is 28.9. The molecule has 2 rings (SSSR count). The first-order valence-corrected chi connectivity index (χ1v) is 8.44. The van der Waals surface area contributed by atoms with E-state index in [1.807, 2.05) is 0 Å². The molecule has 1 amide bonds. The van der Waals surface area contributed by atoms with Gasteiger partial charge >= 0.3 is 5.97 Å². The van der Waals surface area contributed by atoms with Crippen LogP contribution in [0.15, 0.2) is 24.3 Å². The van der Waals surface area contributed by atoms with E-state index in [1.54, 1.807) is 31.2 Å². The third kappa shape index (κ3) is 3.86. The van der Waals surface area contributed by atoms with Crippen molar-refractivity contribution < 1.29 is 14.7 Å². The molecule has 5 heteroatoms. The zero-order valence-corrected chi connectivity index (χ0v) is 14.6. The van der Waals surface area contributed by atoms with E-state index in [-0.39, 0.29) is 11.8 Å². The molecule has 1 aromatic carbocycles. The van der Waals surface area contributed by atoms with E-state index in [0.29, 0.717) is 23.8 Å². The van der Waals surface area contributed by atoms with Gasteiger partial charge in [0.1, 0.15) is 5.54 Å². The molecule has 0 spiro atoms. The van der Waals surface area contributed by atoms with Gasteiger partial charge in [-0.25, -0.2) is 4.79 Å². The number of nitrogens with one attached hydrogen (secondary N) is 1. The van der Waals surface area contributed by atoms with E-state index >= 15 is 0 Å². The van der Waals surface area contributed by atoms with Gasteiger partial charge in [0.15, 0.2) is 0 Å². The lowest BCUT2D eigenvalue weighted by Crippen LogP contribution is -2.58. The summed E-state index contributed by atoms with van der Waals surface area (Å²) in [6.07, 6.45) is 1.76. The van der Waals surface area contributed by atoms with Crippen molar-refractivity contribution in [3.63, 3.8) is 0 Å². The van der Waals surface area contributed by atoms with Crippen molar-refractivity contribution >= 4 is 23.5 Å². The van der Waals surface area contributed by atoms with Crippen molar-refractivity contribution in [1.82, 2.24) is 5.32 Å². The molecule has 1 fully saturated rings. The number of carboxylic acid groups (broad SMARTS) is 1. The Bertz CT molecular complexity index is 586. The highest BCUT2D eigenvalue weighted by Crippen LogP contribution is 2.37. The van der Waals surface area contributed by atoms with Crippen molar-refractivity contribution in [2.45, 2.75) is 51.5 Å². The van der Waals surface area contributed by atoms with E-state index in [9.17, 15) is 14.7 Å². The lowest BCUT2D eigenvalue weighted by Gasteiger charge is -2.40. The highest BCUT2D eigenvalue weighted by molar-refractivity contribution is 6.30. The third-order valence-corrected chi connectivity index (χ3v) is 5.46. The molecule has 0 heterocycles. The van der Waals surface area contributed by atoms with E-state index in [4.69, 9.17) is 11.6 Å². The van der Waals surface area contributed by atoms with Crippen molar-refractivity contribution in [3.8, 4) is 0 Å². The zero-order valence-electron chi connectivity index (χ0n) is 13.8. The standard InChI is InChI=1S/C18H24ClNO3/c1-11-8-9-18(17(22)23,10-12(11)2)20-16(21)13(3)14-4-6-15(19)7-5-14/h4-7,11-13H,8-10H2,1-3H3,(H,20,21)(H,22,23). The van der Waals surface area contributed by atoms with Gasteiger partial charge in [0.25, 0.3) is 0 Å². The van der Waals surface area contributed by atoms with Crippen LogP contribution in [0, 0.1) is 11.8 Å². The van der Waals surface area contributed by atoms with Gasteiger partial charge in [-0.1, -0.05) is 37.6 Å². The summed E-state index contributed by atoms with van der Waals surface area (Å²) in [4.78, 5) is 24.4. The van der Waals surface area contributed by atoms with Gasteiger partial charge in [-0.15, -0.1) is 0 Å². The highest BCUT2D eigenvalue weighted by Gasteiger charge is 2.45. The lowest BCUT2D eigenvalue weighted by molar-refractivity contribution is -0.150. The quantitative estimate of drug-likeness (QED) is 0.877. The van der Waals surface area contributed by atoms with Gasteiger partial charge in [-0.3, -0.25) is 4.79 Å². The van der Waals surface area contributed by atoms with E-state index in [2.05, 4.69) is 19.2 Å². The molecule has 4 atom stereocenters. The van der Waals surface area contributed by atoms with E-state index in [1.165, 1.54) is 0 Å². The van der Waals surface area contributed by atoms with Gasteiger partial charge in [-0.05, 0) is 55.7 Å². The SMILES string of the molecule is CC(C(=O)NC1(C(=O)O)CCC(C)C(C)C1)c1ccc(Cl)cc1. The molecular weight excluding hydrogens is 314 g/mol. The molecule has 126 valence electrons. The molecule has 2 N–H and O–H groups in total. The number of rotatable bonds is 4. The summed E-state index contributed by atoms with van der Waals surface area (Å²) in [7, 11) is 0. The summed E-state index contributed by atoms with van der Waals surface area (Å²) < 4.78 is 0. The molecule has 4 nitrogen and oxygen atoms in total. The number of hydrogen-bond donors (Lipinski definition) is 2. The largest absolute Gasteiger partial charge is 0.480 e. The van der Waals surface area contributed by atoms with Crippen molar-refractivity contribution in [1.29, 1.82) is 0 Å². The van der Waals surface area contributed by atoms with Crippen LogP contribution in [0.4, 0.5) is 0 Å². The maximum atomic E-state index is 12.6. The average Bonchev–Trinajstić information content (AvgIpc) is 2.51. The third-order valence-electron chi connectivity index (χ3n) is 5.20. The number of aliphatic carboxylic acids is 1. The summed E-state index contributed by atoms with van der Waals surface area (Å²) in [6.45, 7) is 5.97. The van der Waals surface area contributed by atoms with Crippen LogP contribution in [0.3, 0.4) is 0 Å². The second-order valence-electron chi connectivity index (χ2n) is 6.85. The Hall–Kier alpha value is -1.55. The zero-order chi connectivity index (χ0) is 17.2. The van der Waals surface area contributed by atoms with Crippen molar-refractivity contribution in [3.05, 3.63) is 34.9 Å². The molecule has 0 radical (unpaired) electrons. The smallest absolute Gasteiger partial charge is 0.329 e. The molecule has 1 saturated carbocycles. The molecule has 23 heavy (non-hydrogen) atoms. The van der Waals surface area contributed by atoms with Gasteiger partial charge in [0.05, 0.1) is 5.92 Å². The number of amides is 1. The molecule has 1 aromatic rings. The Kier molecular flexibility index (Phi) is 5.35. The van der Waals surface area contributed by atoms with Crippen LogP contribution < -0.4 is 5.32 Å². The van der Waals surface area contributed by atoms with Crippen molar-refractivity contribution in [2.75, 3.05) is 0 Å². The summed E-state index contributed by atoms with van der Waals surface area (Å²) >= 11 is 5.87. The Labute approximate surface area is 142 Å². The van der Waals surface area contributed by atoms with Gasteiger partial charge in [0, 0.05) is 5.02 Å². The molecule has 4 unspecified atom stereocenters. The topological polar surface area (TPSA) is 66.4 Å².